The number of carbonyl (C=O) groups is 1. The summed E-state index contributed by atoms with van der Waals surface area (Å²) < 4.78 is 14.6. The van der Waals surface area contributed by atoms with Gasteiger partial charge in [-0.15, -0.1) is 4.89 Å². The first-order valence-electron chi connectivity index (χ1n) is 10.2. The van der Waals surface area contributed by atoms with Crippen molar-refractivity contribution in [2.75, 3.05) is 6.73 Å². The van der Waals surface area contributed by atoms with Gasteiger partial charge in [0.2, 0.25) is 5.91 Å². The first-order chi connectivity index (χ1) is 12.2. The minimum absolute atomic E-state index is 0. The summed E-state index contributed by atoms with van der Waals surface area (Å²) in [5.41, 5.74) is 0. The Morgan fingerprint density at radius 1 is 0.846 bits per heavy atom. The molecule has 0 aromatic carbocycles. The number of unbranched alkanes of at least 4 members (excludes halogenated alkanes) is 14. The molecule has 150 valence electrons. The molecular formula is C19H40LiNO4P+. The molecular weight excluding hydrogens is 344 g/mol. The summed E-state index contributed by atoms with van der Waals surface area (Å²) in [5, 5.41) is 2.46. The average molecular weight is 384 g/mol. The molecule has 0 aromatic rings. The van der Waals surface area contributed by atoms with Gasteiger partial charge in [-0.2, -0.15) is 0 Å². The number of nitrogens with one attached hydrogen (secondary N) is 1. The van der Waals surface area contributed by atoms with E-state index in [2.05, 4.69) is 16.8 Å². The topological polar surface area (TPSA) is 75.6 Å². The molecule has 0 saturated heterocycles. The fourth-order valence-corrected chi connectivity index (χ4v) is 3.09. The fraction of sp³-hybridized carbons (Fsp3) is 0.947. The van der Waals surface area contributed by atoms with Crippen molar-refractivity contribution in [2.45, 2.75) is 110 Å². The van der Waals surface area contributed by atoms with Gasteiger partial charge < -0.3 is 6.74 Å². The van der Waals surface area contributed by atoms with E-state index in [1.54, 1.807) is 0 Å². The van der Waals surface area contributed by atoms with Crippen LogP contribution >= 0.6 is 8.25 Å². The second-order valence-electron chi connectivity index (χ2n) is 6.81. The van der Waals surface area contributed by atoms with Gasteiger partial charge in [-0.1, -0.05) is 101 Å². The van der Waals surface area contributed by atoms with Crippen LogP contribution in [-0.2, 0) is 13.9 Å². The van der Waals surface area contributed by atoms with Gasteiger partial charge in [-0.3, -0.25) is 4.79 Å². The van der Waals surface area contributed by atoms with Crippen molar-refractivity contribution < 1.29 is 39.1 Å². The molecule has 1 atom stereocenters. The standard InChI is InChI=1S/C19H38NO4P.Li.H/c1-2-3-4-5-6-7-8-9-10-11-12-13-14-15-16-17-19(21)20-18-24-25(22)23;;/h2-18H2,1H3,(H-,20,21,22,23);;/q;+1;-1/p+1. The van der Waals surface area contributed by atoms with Crippen LogP contribution in [0, 0.1) is 0 Å². The van der Waals surface area contributed by atoms with Crippen LogP contribution in [-0.4, -0.2) is 17.5 Å². The summed E-state index contributed by atoms with van der Waals surface area (Å²) >= 11 is 0. The van der Waals surface area contributed by atoms with Crippen molar-refractivity contribution in [1.82, 2.24) is 5.32 Å². The van der Waals surface area contributed by atoms with Crippen LogP contribution in [0.5, 0.6) is 0 Å². The molecule has 0 saturated carbocycles. The van der Waals surface area contributed by atoms with Crippen molar-refractivity contribution in [3.8, 4) is 0 Å². The average Bonchev–Trinajstić information content (AvgIpc) is 2.58. The second-order valence-corrected chi connectivity index (χ2v) is 7.54. The van der Waals surface area contributed by atoms with Gasteiger partial charge in [-0.25, -0.2) is 0 Å². The maximum Gasteiger partial charge on any atom is 1.00 e. The molecule has 0 aliphatic rings. The predicted molar refractivity (Wildman–Crippen MR) is 105 cm³/mol. The molecule has 7 heteroatoms. The number of amides is 1. The van der Waals surface area contributed by atoms with Crippen LogP contribution in [0.2, 0.25) is 0 Å². The van der Waals surface area contributed by atoms with Gasteiger partial charge in [0.1, 0.15) is 0 Å². The van der Waals surface area contributed by atoms with Crippen molar-refractivity contribution in [2.24, 2.45) is 0 Å². The number of carbonyl (C=O) groups excluding carboxylic acids is 1. The molecule has 2 N–H and O–H groups in total. The number of rotatable bonds is 19. The van der Waals surface area contributed by atoms with Gasteiger partial charge in [0.15, 0.2) is 6.73 Å². The molecule has 0 aromatic heterocycles. The zero-order valence-electron chi connectivity index (χ0n) is 18.1. The SMILES string of the molecule is CCCCCCCCCCCCCCCCCC(=O)NCO[P+](=O)O.[H-].[Li+]. The minimum Gasteiger partial charge on any atom is -1.00 e. The normalized spacial score (nSPS) is 11.1. The van der Waals surface area contributed by atoms with E-state index in [9.17, 15) is 9.36 Å². The van der Waals surface area contributed by atoms with Gasteiger partial charge in [-0.05, 0) is 6.42 Å². The van der Waals surface area contributed by atoms with Crippen LogP contribution in [0.3, 0.4) is 0 Å². The van der Waals surface area contributed by atoms with E-state index in [0.29, 0.717) is 6.42 Å². The summed E-state index contributed by atoms with van der Waals surface area (Å²) in [6, 6.07) is 0. The summed E-state index contributed by atoms with van der Waals surface area (Å²) in [6.07, 6.45) is 20.0. The molecule has 0 fully saturated rings. The van der Waals surface area contributed by atoms with E-state index < -0.39 is 8.25 Å². The largest absolute Gasteiger partial charge is 1.00 e. The first kappa shape index (κ1) is 28.3. The van der Waals surface area contributed by atoms with Crippen molar-refractivity contribution in [1.29, 1.82) is 0 Å². The first-order valence-corrected chi connectivity index (χ1v) is 11.4. The molecule has 0 spiro atoms. The molecule has 1 amide bonds. The molecule has 0 bridgehead atoms. The van der Waals surface area contributed by atoms with Crippen molar-refractivity contribution in [3.05, 3.63) is 0 Å². The van der Waals surface area contributed by atoms with E-state index in [1.807, 2.05) is 0 Å². The summed E-state index contributed by atoms with van der Waals surface area (Å²) in [4.78, 5) is 19.8. The van der Waals surface area contributed by atoms with Crippen molar-refractivity contribution >= 4 is 14.2 Å². The smallest absolute Gasteiger partial charge is 1.00 e. The Kier molecular flexibility index (Phi) is 25.2. The van der Waals surface area contributed by atoms with E-state index in [-0.39, 0.29) is 32.9 Å². The van der Waals surface area contributed by atoms with Crippen LogP contribution in [0.15, 0.2) is 0 Å². The van der Waals surface area contributed by atoms with Crippen molar-refractivity contribution in [3.63, 3.8) is 0 Å². The Labute approximate surface area is 175 Å². The molecule has 1 unspecified atom stereocenters. The molecule has 26 heavy (non-hydrogen) atoms. The second kappa shape index (κ2) is 23.1. The van der Waals surface area contributed by atoms with Gasteiger partial charge in [0.25, 0.3) is 0 Å². The van der Waals surface area contributed by atoms with Crippen LogP contribution < -0.4 is 24.2 Å². The third kappa shape index (κ3) is 24.1. The monoisotopic (exact) mass is 384 g/mol. The Morgan fingerprint density at radius 3 is 1.62 bits per heavy atom. The summed E-state index contributed by atoms with van der Waals surface area (Å²) in [5.74, 6) is -0.119. The number of hydrogen-bond donors (Lipinski definition) is 2. The van der Waals surface area contributed by atoms with Gasteiger partial charge in [0.05, 0.1) is 0 Å². The molecule has 0 aliphatic heterocycles. The molecule has 0 radical (unpaired) electrons. The summed E-state index contributed by atoms with van der Waals surface area (Å²) in [7, 11) is -2.63. The van der Waals surface area contributed by atoms with E-state index in [0.717, 1.165) is 12.8 Å². The fourth-order valence-electron chi connectivity index (χ4n) is 2.91. The maximum atomic E-state index is 11.4. The minimum atomic E-state index is -2.63. The van der Waals surface area contributed by atoms with E-state index >= 15 is 0 Å². The predicted octanol–water partition coefficient (Wildman–Crippen LogP) is 3.10. The number of hydrogen-bond acceptors (Lipinski definition) is 3. The Hall–Kier alpha value is 0.0874. The maximum absolute atomic E-state index is 11.4. The van der Waals surface area contributed by atoms with Gasteiger partial charge >= 0.3 is 27.1 Å². The third-order valence-corrected chi connectivity index (χ3v) is 4.80. The Morgan fingerprint density at radius 2 is 1.23 bits per heavy atom. The molecule has 0 aliphatic carbocycles. The zero-order chi connectivity index (χ0) is 18.6. The molecule has 5 nitrogen and oxygen atoms in total. The van der Waals surface area contributed by atoms with E-state index in [1.165, 1.54) is 83.5 Å². The Bertz CT molecular complexity index is 339. The summed E-state index contributed by atoms with van der Waals surface area (Å²) in [6.45, 7) is 2.07. The quantitative estimate of drug-likeness (QED) is 0.155. The van der Waals surface area contributed by atoms with Crippen LogP contribution in [0.25, 0.3) is 0 Å². The van der Waals surface area contributed by atoms with E-state index in [4.69, 9.17) is 4.89 Å². The zero-order valence-corrected chi connectivity index (χ0v) is 18.0. The Balaban J connectivity index is -0.00000288. The molecule has 0 heterocycles. The van der Waals surface area contributed by atoms with Crippen LogP contribution in [0.1, 0.15) is 111 Å². The third-order valence-electron chi connectivity index (χ3n) is 4.45. The molecule has 0 rings (SSSR count). The van der Waals surface area contributed by atoms with Gasteiger partial charge in [0, 0.05) is 11.0 Å². The van der Waals surface area contributed by atoms with Crippen LogP contribution in [0.4, 0.5) is 0 Å².